The Morgan fingerprint density at radius 2 is 1.72 bits per heavy atom. The van der Waals surface area contributed by atoms with Crippen molar-refractivity contribution in [3.05, 3.63) is 76.0 Å². The number of hydrogen-bond acceptors (Lipinski definition) is 8. The lowest BCUT2D eigenvalue weighted by atomic mass is 9.95. The van der Waals surface area contributed by atoms with E-state index in [9.17, 15) is 4.79 Å². The molecule has 1 aliphatic heterocycles. The van der Waals surface area contributed by atoms with Gasteiger partial charge in [-0.3, -0.25) is 4.79 Å². The van der Waals surface area contributed by atoms with Crippen LogP contribution < -0.4 is 19.9 Å². The van der Waals surface area contributed by atoms with E-state index in [1.807, 2.05) is 36.0 Å². The SMILES string of the molecule is C=C(c1nn(-c2cc(Cl)cc(Cl)c2)c2c1COc1cc(OC)c(-c3cc(C=O)nc(OC)c3)cc1-2)N(C)C(C)(C)C.CN. The van der Waals surface area contributed by atoms with Gasteiger partial charge in [-0.05, 0) is 63.7 Å². The average molecular weight is 625 g/mol. The Bertz CT molecular complexity index is 1670. The number of aromatic nitrogens is 3. The van der Waals surface area contributed by atoms with Crippen LogP contribution in [0.3, 0.4) is 0 Å². The Labute approximate surface area is 261 Å². The minimum absolute atomic E-state index is 0.197. The second-order valence-corrected chi connectivity index (χ2v) is 11.5. The Morgan fingerprint density at radius 3 is 2.30 bits per heavy atom. The Hall–Kier alpha value is -4.05. The van der Waals surface area contributed by atoms with Gasteiger partial charge in [-0.25, -0.2) is 9.67 Å². The molecule has 5 rings (SSSR count). The third-order valence-corrected chi connectivity index (χ3v) is 7.59. The zero-order chi connectivity index (χ0) is 31.6. The van der Waals surface area contributed by atoms with Gasteiger partial charge in [0.25, 0.3) is 0 Å². The highest BCUT2D eigenvalue weighted by atomic mass is 35.5. The number of aldehydes is 1. The topological polar surface area (TPSA) is 105 Å². The monoisotopic (exact) mass is 623 g/mol. The largest absolute Gasteiger partial charge is 0.496 e. The van der Waals surface area contributed by atoms with Crippen molar-refractivity contribution < 1.29 is 19.0 Å². The van der Waals surface area contributed by atoms with E-state index in [2.05, 4.69) is 43.0 Å². The highest BCUT2D eigenvalue weighted by molar-refractivity contribution is 6.34. The van der Waals surface area contributed by atoms with E-state index in [0.717, 1.165) is 28.1 Å². The standard InChI is InChI=1S/C31H30Cl2N4O4.CH5N/c1-17(36(5)31(2,3)4)29-25-16-41-27-14-26(39-6)23(18-8-21(15-38)34-28(9-18)40-7)13-24(27)30(25)37(35-29)22-11-19(32)10-20(33)12-22;1-2/h8-15H,1,16H2,2-7H3;2H2,1H3. The molecule has 0 fully saturated rings. The average Bonchev–Trinajstić information content (AvgIpc) is 3.39. The number of pyridine rings is 1. The summed E-state index contributed by atoms with van der Waals surface area (Å²) in [4.78, 5) is 17.9. The molecule has 0 unspecified atom stereocenters. The molecule has 43 heavy (non-hydrogen) atoms. The lowest BCUT2D eigenvalue weighted by Crippen LogP contribution is -2.36. The van der Waals surface area contributed by atoms with Gasteiger partial charge in [0.05, 0.1) is 31.3 Å². The van der Waals surface area contributed by atoms with E-state index in [-0.39, 0.29) is 17.8 Å². The third-order valence-electron chi connectivity index (χ3n) is 7.15. The molecule has 0 saturated carbocycles. The van der Waals surface area contributed by atoms with E-state index < -0.39 is 0 Å². The smallest absolute Gasteiger partial charge is 0.214 e. The fourth-order valence-corrected chi connectivity index (χ4v) is 5.28. The Balaban J connectivity index is 0.00000207. The van der Waals surface area contributed by atoms with Crippen LogP contribution in [0, 0.1) is 0 Å². The Morgan fingerprint density at radius 1 is 1.05 bits per heavy atom. The van der Waals surface area contributed by atoms with Crippen molar-refractivity contribution in [1.29, 1.82) is 0 Å². The molecule has 0 radical (unpaired) electrons. The number of hydrogen-bond donors (Lipinski definition) is 1. The molecular weight excluding hydrogens is 589 g/mol. The van der Waals surface area contributed by atoms with Crippen LogP contribution in [0.4, 0.5) is 0 Å². The molecular formula is C32H35Cl2N5O4. The van der Waals surface area contributed by atoms with E-state index in [0.29, 0.717) is 50.7 Å². The zero-order valence-electron chi connectivity index (χ0n) is 25.3. The first kappa shape index (κ1) is 31.9. The number of nitrogens with zero attached hydrogens (tertiary/aromatic N) is 4. The Kier molecular flexibility index (Phi) is 9.39. The first-order chi connectivity index (χ1) is 20.4. The summed E-state index contributed by atoms with van der Waals surface area (Å²) in [6, 6.07) is 12.5. The fourth-order valence-electron chi connectivity index (χ4n) is 4.76. The molecule has 4 aromatic rings. The van der Waals surface area contributed by atoms with Crippen molar-refractivity contribution in [2.24, 2.45) is 5.73 Å². The molecule has 2 aromatic carbocycles. The van der Waals surface area contributed by atoms with Gasteiger partial charge in [-0.15, -0.1) is 0 Å². The van der Waals surface area contributed by atoms with Gasteiger partial charge in [0.2, 0.25) is 5.88 Å². The van der Waals surface area contributed by atoms with Gasteiger partial charge in [0.1, 0.15) is 29.5 Å². The van der Waals surface area contributed by atoms with Gasteiger partial charge in [-0.2, -0.15) is 5.10 Å². The molecule has 0 bridgehead atoms. The maximum absolute atomic E-state index is 11.6. The van der Waals surface area contributed by atoms with Crippen LogP contribution >= 0.6 is 23.2 Å². The van der Waals surface area contributed by atoms with E-state index >= 15 is 0 Å². The minimum atomic E-state index is -0.197. The number of halogens is 2. The van der Waals surface area contributed by atoms with Crippen molar-refractivity contribution >= 4 is 35.2 Å². The first-order valence-electron chi connectivity index (χ1n) is 13.4. The van der Waals surface area contributed by atoms with E-state index in [1.165, 1.54) is 14.2 Å². The first-order valence-corrected chi connectivity index (χ1v) is 14.2. The van der Waals surface area contributed by atoms with Gasteiger partial charge in [0, 0.05) is 51.5 Å². The van der Waals surface area contributed by atoms with Crippen LogP contribution in [0.2, 0.25) is 10.0 Å². The number of carbonyl (C=O) groups excluding carboxylic acids is 1. The summed E-state index contributed by atoms with van der Waals surface area (Å²) in [5.74, 6) is 1.49. The highest BCUT2D eigenvalue weighted by Crippen LogP contribution is 2.47. The predicted octanol–water partition coefficient (Wildman–Crippen LogP) is 6.91. The summed E-state index contributed by atoms with van der Waals surface area (Å²) < 4.78 is 19.2. The predicted molar refractivity (Wildman–Crippen MR) is 172 cm³/mol. The fraction of sp³-hybridized carbons (Fsp3) is 0.281. The lowest BCUT2D eigenvalue weighted by molar-refractivity contribution is 0.111. The van der Waals surface area contributed by atoms with Crippen LogP contribution in [0.15, 0.2) is 49.0 Å². The molecule has 0 amide bonds. The molecule has 9 nitrogen and oxygen atoms in total. The van der Waals surface area contributed by atoms with Crippen LogP contribution in [-0.4, -0.2) is 59.8 Å². The van der Waals surface area contributed by atoms with Crippen LogP contribution in [0.25, 0.3) is 33.8 Å². The molecule has 0 spiro atoms. The second kappa shape index (κ2) is 12.7. The summed E-state index contributed by atoms with van der Waals surface area (Å²) in [6.45, 7) is 11.0. The number of methoxy groups -OCH3 is 2. The number of benzene rings is 2. The molecule has 2 N–H and O–H groups in total. The molecule has 0 atom stereocenters. The third kappa shape index (κ3) is 6.20. The van der Waals surface area contributed by atoms with Crippen LogP contribution in [0.1, 0.15) is 42.5 Å². The maximum atomic E-state index is 11.6. The van der Waals surface area contributed by atoms with E-state index in [4.69, 9.17) is 42.5 Å². The van der Waals surface area contributed by atoms with Gasteiger partial charge in [0.15, 0.2) is 6.29 Å². The van der Waals surface area contributed by atoms with Crippen molar-refractivity contribution in [2.45, 2.75) is 32.9 Å². The molecule has 1 aliphatic rings. The van der Waals surface area contributed by atoms with Crippen LogP contribution in [-0.2, 0) is 6.61 Å². The normalized spacial score (nSPS) is 11.8. The van der Waals surface area contributed by atoms with E-state index in [1.54, 1.807) is 25.3 Å². The highest BCUT2D eigenvalue weighted by Gasteiger charge is 2.32. The summed E-state index contributed by atoms with van der Waals surface area (Å²) in [5, 5.41) is 6.01. The number of fused-ring (bicyclic) bond motifs is 3. The number of carbonyl (C=O) groups is 1. The number of nitrogens with two attached hydrogens (primary N) is 1. The number of rotatable bonds is 7. The van der Waals surface area contributed by atoms with Crippen LogP contribution in [0.5, 0.6) is 17.4 Å². The molecule has 0 saturated heterocycles. The minimum Gasteiger partial charge on any atom is -0.496 e. The van der Waals surface area contributed by atoms with Crippen molar-refractivity contribution in [2.75, 3.05) is 28.3 Å². The summed E-state index contributed by atoms with van der Waals surface area (Å²) in [7, 11) is 6.58. The molecule has 226 valence electrons. The quantitative estimate of drug-likeness (QED) is 0.221. The van der Waals surface area contributed by atoms with Crippen molar-refractivity contribution in [3.8, 4) is 45.5 Å². The van der Waals surface area contributed by atoms with Crippen molar-refractivity contribution in [1.82, 2.24) is 19.7 Å². The summed E-state index contributed by atoms with van der Waals surface area (Å²) >= 11 is 12.9. The second-order valence-electron chi connectivity index (χ2n) is 10.7. The van der Waals surface area contributed by atoms with Gasteiger partial charge < -0.3 is 24.8 Å². The maximum Gasteiger partial charge on any atom is 0.214 e. The lowest BCUT2D eigenvalue weighted by Gasteiger charge is -2.35. The summed E-state index contributed by atoms with van der Waals surface area (Å²) in [6.07, 6.45) is 0.680. The van der Waals surface area contributed by atoms with Crippen molar-refractivity contribution in [3.63, 3.8) is 0 Å². The molecule has 3 heterocycles. The summed E-state index contributed by atoms with van der Waals surface area (Å²) in [5.41, 5.74) is 10.5. The van der Waals surface area contributed by atoms with Gasteiger partial charge in [-0.1, -0.05) is 29.8 Å². The molecule has 2 aromatic heterocycles. The number of ether oxygens (including phenoxy) is 3. The zero-order valence-corrected chi connectivity index (χ0v) is 26.8. The molecule has 11 heteroatoms. The molecule has 0 aliphatic carbocycles. The van der Waals surface area contributed by atoms with Gasteiger partial charge >= 0.3 is 0 Å².